The minimum atomic E-state index is -0.459. The van der Waals surface area contributed by atoms with Crippen molar-refractivity contribution in [3.8, 4) is 5.75 Å². The van der Waals surface area contributed by atoms with Crippen LogP contribution in [0.5, 0.6) is 5.75 Å². The summed E-state index contributed by atoms with van der Waals surface area (Å²) in [4.78, 5) is 11.9. The van der Waals surface area contributed by atoms with E-state index in [0.29, 0.717) is 19.0 Å². The lowest BCUT2D eigenvalue weighted by Gasteiger charge is -2.08. The summed E-state index contributed by atoms with van der Waals surface area (Å²) in [6, 6.07) is 3.87. The highest BCUT2D eigenvalue weighted by molar-refractivity contribution is 5.98. The van der Waals surface area contributed by atoms with Crippen LogP contribution in [0.25, 0.3) is 0 Å². The van der Waals surface area contributed by atoms with Gasteiger partial charge >= 0.3 is 0 Å². The second kappa shape index (κ2) is 7.79. The smallest absolute Gasteiger partial charge is 0.168 e. The zero-order valence-electron chi connectivity index (χ0n) is 10.6. The topological polar surface area (TPSA) is 44.8 Å². The molecule has 0 heterocycles. The van der Waals surface area contributed by atoms with E-state index in [-0.39, 0.29) is 24.4 Å². The van der Waals surface area contributed by atoms with Crippen LogP contribution in [0.3, 0.4) is 0 Å². The van der Waals surface area contributed by atoms with E-state index < -0.39 is 5.82 Å². The van der Waals surface area contributed by atoms with E-state index in [9.17, 15) is 9.18 Å². The van der Waals surface area contributed by atoms with Gasteiger partial charge in [0.15, 0.2) is 5.78 Å². The zero-order chi connectivity index (χ0) is 13.4. The predicted octanol–water partition coefficient (Wildman–Crippen LogP) is 2.07. The molecule has 0 unspecified atom stereocenters. The Kier molecular flexibility index (Phi) is 6.32. The number of halogens is 1. The molecule has 0 radical (unpaired) electrons. The van der Waals surface area contributed by atoms with Crippen molar-refractivity contribution < 1.29 is 23.4 Å². The number of ketones is 1. The van der Waals surface area contributed by atoms with Crippen LogP contribution < -0.4 is 4.74 Å². The van der Waals surface area contributed by atoms with Crippen LogP contribution in [-0.4, -0.2) is 39.8 Å². The molecule has 5 heteroatoms. The monoisotopic (exact) mass is 256 g/mol. The molecular formula is C13H17FO4. The molecule has 0 aliphatic carbocycles. The molecule has 18 heavy (non-hydrogen) atoms. The molecule has 0 spiro atoms. The van der Waals surface area contributed by atoms with E-state index in [1.54, 1.807) is 7.11 Å². The first-order valence-electron chi connectivity index (χ1n) is 5.62. The number of carbonyl (C=O) groups is 1. The molecule has 100 valence electrons. The summed E-state index contributed by atoms with van der Waals surface area (Å²) in [5.41, 5.74) is 0.243. The Morgan fingerprint density at radius 2 is 2.00 bits per heavy atom. The van der Waals surface area contributed by atoms with Gasteiger partial charge in [-0.3, -0.25) is 4.79 Å². The average Bonchev–Trinajstić information content (AvgIpc) is 2.38. The quantitative estimate of drug-likeness (QED) is 0.527. The SMILES string of the molecule is COCCOCCC(=O)c1cc(F)ccc1OC. The number of carbonyl (C=O) groups excluding carboxylic acids is 1. The summed E-state index contributed by atoms with van der Waals surface area (Å²) in [5, 5.41) is 0. The molecule has 0 fully saturated rings. The fourth-order valence-corrected chi connectivity index (χ4v) is 1.44. The first-order valence-corrected chi connectivity index (χ1v) is 5.62. The molecule has 0 saturated heterocycles. The van der Waals surface area contributed by atoms with E-state index in [1.807, 2.05) is 0 Å². The Morgan fingerprint density at radius 3 is 2.67 bits per heavy atom. The average molecular weight is 256 g/mol. The van der Waals surface area contributed by atoms with Gasteiger partial charge in [-0.2, -0.15) is 0 Å². The summed E-state index contributed by atoms with van der Waals surface area (Å²) >= 11 is 0. The fraction of sp³-hybridized carbons (Fsp3) is 0.462. The first-order chi connectivity index (χ1) is 8.69. The van der Waals surface area contributed by atoms with Gasteiger partial charge in [-0.05, 0) is 18.2 Å². The summed E-state index contributed by atoms with van der Waals surface area (Å²) in [6.07, 6.45) is 0.184. The normalized spacial score (nSPS) is 10.4. The number of benzene rings is 1. The number of ether oxygens (including phenoxy) is 3. The molecule has 1 rings (SSSR count). The minimum Gasteiger partial charge on any atom is -0.496 e. The van der Waals surface area contributed by atoms with Crippen LogP contribution in [0.15, 0.2) is 18.2 Å². The van der Waals surface area contributed by atoms with Gasteiger partial charge in [0.1, 0.15) is 11.6 Å². The van der Waals surface area contributed by atoms with Crippen molar-refractivity contribution in [2.75, 3.05) is 34.0 Å². The van der Waals surface area contributed by atoms with E-state index in [1.165, 1.54) is 25.3 Å². The maximum Gasteiger partial charge on any atom is 0.168 e. The highest BCUT2D eigenvalue weighted by atomic mass is 19.1. The standard InChI is InChI=1S/C13H17FO4/c1-16-7-8-18-6-5-12(15)11-9-10(14)3-4-13(11)17-2/h3-4,9H,5-8H2,1-2H3. The van der Waals surface area contributed by atoms with Crippen LogP contribution in [-0.2, 0) is 9.47 Å². The van der Waals surface area contributed by atoms with Crippen molar-refractivity contribution in [1.82, 2.24) is 0 Å². The maximum atomic E-state index is 13.1. The van der Waals surface area contributed by atoms with Crippen molar-refractivity contribution in [3.05, 3.63) is 29.6 Å². The lowest BCUT2D eigenvalue weighted by molar-refractivity contribution is 0.0640. The molecule has 0 atom stereocenters. The third-order valence-corrected chi connectivity index (χ3v) is 2.37. The van der Waals surface area contributed by atoms with Crippen LogP contribution in [0.4, 0.5) is 4.39 Å². The van der Waals surface area contributed by atoms with Crippen LogP contribution in [0.2, 0.25) is 0 Å². The van der Waals surface area contributed by atoms with Gasteiger partial charge in [0.05, 0.1) is 32.5 Å². The van der Waals surface area contributed by atoms with Crippen LogP contribution >= 0.6 is 0 Å². The third kappa shape index (κ3) is 4.43. The molecule has 0 N–H and O–H groups in total. The largest absolute Gasteiger partial charge is 0.496 e. The van der Waals surface area contributed by atoms with Gasteiger partial charge in [-0.25, -0.2) is 4.39 Å². The van der Waals surface area contributed by atoms with Gasteiger partial charge in [0.2, 0.25) is 0 Å². The molecule has 1 aromatic carbocycles. The molecule has 0 saturated carbocycles. The predicted molar refractivity (Wildman–Crippen MR) is 64.6 cm³/mol. The maximum absolute atomic E-state index is 13.1. The Balaban J connectivity index is 2.52. The lowest BCUT2D eigenvalue weighted by Crippen LogP contribution is -2.09. The zero-order valence-corrected chi connectivity index (χ0v) is 10.6. The van der Waals surface area contributed by atoms with E-state index >= 15 is 0 Å². The van der Waals surface area contributed by atoms with E-state index in [4.69, 9.17) is 14.2 Å². The van der Waals surface area contributed by atoms with Crippen molar-refractivity contribution in [2.45, 2.75) is 6.42 Å². The van der Waals surface area contributed by atoms with Gasteiger partial charge in [-0.15, -0.1) is 0 Å². The number of methoxy groups -OCH3 is 2. The summed E-state index contributed by atoms with van der Waals surface area (Å²) in [7, 11) is 3.02. The van der Waals surface area contributed by atoms with Crippen molar-refractivity contribution in [3.63, 3.8) is 0 Å². The Morgan fingerprint density at radius 1 is 1.22 bits per heavy atom. The number of hydrogen-bond donors (Lipinski definition) is 0. The molecule has 0 aromatic heterocycles. The van der Waals surface area contributed by atoms with E-state index in [2.05, 4.69) is 0 Å². The third-order valence-electron chi connectivity index (χ3n) is 2.37. The van der Waals surface area contributed by atoms with Gasteiger partial charge in [0.25, 0.3) is 0 Å². The Bertz CT molecular complexity index is 393. The van der Waals surface area contributed by atoms with Crippen molar-refractivity contribution >= 4 is 5.78 Å². The molecule has 4 nitrogen and oxygen atoms in total. The van der Waals surface area contributed by atoms with E-state index in [0.717, 1.165) is 0 Å². The number of rotatable bonds is 8. The number of hydrogen-bond acceptors (Lipinski definition) is 4. The van der Waals surface area contributed by atoms with Gasteiger partial charge < -0.3 is 14.2 Å². The highest BCUT2D eigenvalue weighted by Crippen LogP contribution is 2.20. The van der Waals surface area contributed by atoms with Gasteiger partial charge in [-0.1, -0.05) is 0 Å². The Labute approximate surface area is 106 Å². The molecule has 1 aromatic rings. The second-order valence-corrected chi connectivity index (χ2v) is 3.62. The molecule has 0 bridgehead atoms. The molecule has 0 aliphatic heterocycles. The summed E-state index contributed by atoms with van der Waals surface area (Å²) in [6.45, 7) is 1.20. The van der Waals surface area contributed by atoms with Crippen molar-refractivity contribution in [1.29, 1.82) is 0 Å². The molecule has 0 amide bonds. The summed E-state index contributed by atoms with van der Waals surface area (Å²) < 4.78 is 28.1. The lowest BCUT2D eigenvalue weighted by atomic mass is 10.1. The van der Waals surface area contributed by atoms with Crippen LogP contribution in [0.1, 0.15) is 16.8 Å². The van der Waals surface area contributed by atoms with Crippen LogP contribution in [0, 0.1) is 5.82 Å². The molecule has 0 aliphatic rings. The minimum absolute atomic E-state index is 0.184. The number of Topliss-reactive ketones (excluding diaryl/α,β-unsaturated/α-hetero) is 1. The highest BCUT2D eigenvalue weighted by Gasteiger charge is 2.13. The van der Waals surface area contributed by atoms with Crippen molar-refractivity contribution in [2.24, 2.45) is 0 Å². The van der Waals surface area contributed by atoms with Gasteiger partial charge in [0, 0.05) is 13.5 Å². The second-order valence-electron chi connectivity index (χ2n) is 3.62. The first kappa shape index (κ1) is 14.6. The fourth-order valence-electron chi connectivity index (χ4n) is 1.44. The Hall–Kier alpha value is -1.46. The molecular weight excluding hydrogens is 239 g/mol. The summed E-state index contributed by atoms with van der Waals surface area (Å²) in [5.74, 6) is -0.290.